The summed E-state index contributed by atoms with van der Waals surface area (Å²) in [5.74, 6) is -0.190. The second-order valence-electron chi connectivity index (χ2n) is 5.10. The lowest BCUT2D eigenvalue weighted by Gasteiger charge is -2.18. The molecule has 0 radical (unpaired) electrons. The zero-order chi connectivity index (χ0) is 13.5. The minimum Gasteiger partial charge on any atom is -0.462 e. The van der Waals surface area contributed by atoms with Crippen LogP contribution in [0.3, 0.4) is 0 Å². The number of hydrogen-bond acceptors (Lipinski definition) is 3. The molecule has 0 spiro atoms. The SMILES string of the molecule is CCCCCCOC(=O)c1ccc2c(c1)CCCN2. The number of carbonyl (C=O) groups is 1. The lowest BCUT2D eigenvalue weighted by molar-refractivity contribution is 0.0497. The molecule has 104 valence electrons. The van der Waals surface area contributed by atoms with Gasteiger partial charge >= 0.3 is 5.97 Å². The molecule has 1 heterocycles. The van der Waals surface area contributed by atoms with E-state index in [1.165, 1.54) is 18.4 Å². The summed E-state index contributed by atoms with van der Waals surface area (Å²) in [4.78, 5) is 11.9. The molecule has 0 saturated carbocycles. The van der Waals surface area contributed by atoms with E-state index in [-0.39, 0.29) is 5.97 Å². The van der Waals surface area contributed by atoms with Crippen molar-refractivity contribution in [1.82, 2.24) is 0 Å². The van der Waals surface area contributed by atoms with Gasteiger partial charge in [0.25, 0.3) is 0 Å². The number of unbranched alkanes of at least 4 members (excludes halogenated alkanes) is 3. The van der Waals surface area contributed by atoms with Crippen molar-refractivity contribution in [2.24, 2.45) is 0 Å². The van der Waals surface area contributed by atoms with Crippen LogP contribution in [0.25, 0.3) is 0 Å². The summed E-state index contributed by atoms with van der Waals surface area (Å²) >= 11 is 0. The van der Waals surface area contributed by atoms with Crippen LogP contribution in [0.4, 0.5) is 5.69 Å². The lowest BCUT2D eigenvalue weighted by Crippen LogP contribution is -2.13. The normalized spacial score (nSPS) is 13.5. The Balaban J connectivity index is 1.85. The van der Waals surface area contributed by atoms with Gasteiger partial charge in [-0.3, -0.25) is 0 Å². The van der Waals surface area contributed by atoms with Crippen molar-refractivity contribution in [1.29, 1.82) is 0 Å². The molecule has 0 atom stereocenters. The molecule has 0 aromatic heterocycles. The summed E-state index contributed by atoms with van der Waals surface area (Å²) in [5, 5.41) is 3.34. The third kappa shape index (κ3) is 3.98. The highest BCUT2D eigenvalue weighted by molar-refractivity contribution is 5.90. The summed E-state index contributed by atoms with van der Waals surface area (Å²) in [7, 11) is 0. The number of fused-ring (bicyclic) bond motifs is 1. The first-order valence-corrected chi connectivity index (χ1v) is 7.35. The number of rotatable bonds is 6. The number of hydrogen-bond donors (Lipinski definition) is 1. The molecule has 19 heavy (non-hydrogen) atoms. The van der Waals surface area contributed by atoms with Crippen LogP contribution in [0, 0.1) is 0 Å². The van der Waals surface area contributed by atoms with E-state index < -0.39 is 0 Å². The number of ether oxygens (including phenoxy) is 1. The van der Waals surface area contributed by atoms with Gasteiger partial charge in [-0.15, -0.1) is 0 Å². The van der Waals surface area contributed by atoms with Gasteiger partial charge in [-0.2, -0.15) is 0 Å². The number of aryl methyl sites for hydroxylation is 1. The van der Waals surface area contributed by atoms with Crippen molar-refractivity contribution in [3.8, 4) is 0 Å². The molecule has 0 unspecified atom stereocenters. The molecule has 0 fully saturated rings. The van der Waals surface area contributed by atoms with E-state index in [0.29, 0.717) is 12.2 Å². The van der Waals surface area contributed by atoms with E-state index >= 15 is 0 Å². The molecule has 0 aliphatic carbocycles. The van der Waals surface area contributed by atoms with Crippen LogP contribution in [-0.4, -0.2) is 19.1 Å². The average molecular weight is 261 g/mol. The van der Waals surface area contributed by atoms with E-state index in [4.69, 9.17) is 4.74 Å². The standard InChI is InChI=1S/C16H23NO2/c1-2-3-4-5-11-19-16(18)14-8-9-15-13(12-14)7-6-10-17-15/h8-9,12,17H,2-7,10-11H2,1H3. The monoisotopic (exact) mass is 261 g/mol. The lowest BCUT2D eigenvalue weighted by atomic mass is 10.0. The highest BCUT2D eigenvalue weighted by Gasteiger charge is 2.13. The van der Waals surface area contributed by atoms with Crippen molar-refractivity contribution in [2.45, 2.75) is 45.4 Å². The fourth-order valence-electron chi connectivity index (χ4n) is 2.38. The molecule has 0 bridgehead atoms. The summed E-state index contributed by atoms with van der Waals surface area (Å²) in [5.41, 5.74) is 3.07. The Morgan fingerprint density at radius 1 is 1.32 bits per heavy atom. The molecule has 1 N–H and O–H groups in total. The number of benzene rings is 1. The zero-order valence-corrected chi connectivity index (χ0v) is 11.7. The summed E-state index contributed by atoms with van der Waals surface area (Å²) in [6, 6.07) is 5.81. The van der Waals surface area contributed by atoms with Crippen LogP contribution < -0.4 is 5.32 Å². The largest absolute Gasteiger partial charge is 0.462 e. The van der Waals surface area contributed by atoms with E-state index in [9.17, 15) is 4.79 Å². The highest BCUT2D eigenvalue weighted by atomic mass is 16.5. The third-order valence-electron chi connectivity index (χ3n) is 3.51. The third-order valence-corrected chi connectivity index (χ3v) is 3.51. The van der Waals surface area contributed by atoms with Crippen molar-refractivity contribution < 1.29 is 9.53 Å². The van der Waals surface area contributed by atoms with Crippen LogP contribution in [0.15, 0.2) is 18.2 Å². The molecule has 3 heteroatoms. The Morgan fingerprint density at radius 2 is 2.21 bits per heavy atom. The number of carbonyl (C=O) groups excluding carboxylic acids is 1. The minimum atomic E-state index is -0.190. The van der Waals surface area contributed by atoms with Crippen LogP contribution in [0.1, 0.15) is 54.9 Å². The first-order valence-electron chi connectivity index (χ1n) is 7.35. The summed E-state index contributed by atoms with van der Waals surface area (Å²) in [6.07, 6.45) is 6.68. The van der Waals surface area contributed by atoms with Crippen molar-refractivity contribution in [3.63, 3.8) is 0 Å². The Bertz CT molecular complexity index is 429. The smallest absolute Gasteiger partial charge is 0.338 e. The predicted octanol–water partition coefficient (Wildman–Crippen LogP) is 3.78. The second-order valence-corrected chi connectivity index (χ2v) is 5.10. The van der Waals surface area contributed by atoms with Crippen LogP contribution in [0.5, 0.6) is 0 Å². The van der Waals surface area contributed by atoms with Gasteiger partial charge in [-0.1, -0.05) is 26.2 Å². The van der Waals surface area contributed by atoms with Gasteiger partial charge in [-0.25, -0.2) is 4.79 Å². The molecule has 1 aromatic carbocycles. The highest BCUT2D eigenvalue weighted by Crippen LogP contribution is 2.23. The van der Waals surface area contributed by atoms with Crippen molar-refractivity contribution in [3.05, 3.63) is 29.3 Å². The molecule has 1 aliphatic rings. The fraction of sp³-hybridized carbons (Fsp3) is 0.562. The average Bonchev–Trinajstić information content (AvgIpc) is 2.46. The molecule has 1 aliphatic heterocycles. The van der Waals surface area contributed by atoms with Crippen LogP contribution in [-0.2, 0) is 11.2 Å². The molecule has 3 nitrogen and oxygen atoms in total. The van der Waals surface area contributed by atoms with Gasteiger partial charge in [0.05, 0.1) is 12.2 Å². The Morgan fingerprint density at radius 3 is 3.05 bits per heavy atom. The fourth-order valence-corrected chi connectivity index (χ4v) is 2.38. The Labute approximate surface area is 115 Å². The first-order chi connectivity index (χ1) is 9.31. The maximum atomic E-state index is 11.9. The van der Waals surface area contributed by atoms with Crippen LogP contribution in [0.2, 0.25) is 0 Å². The van der Waals surface area contributed by atoms with E-state index in [0.717, 1.165) is 37.9 Å². The zero-order valence-electron chi connectivity index (χ0n) is 11.7. The van der Waals surface area contributed by atoms with E-state index in [1.54, 1.807) is 0 Å². The molecular formula is C16H23NO2. The second kappa shape index (κ2) is 7.17. The van der Waals surface area contributed by atoms with Gasteiger partial charge in [0.1, 0.15) is 0 Å². The maximum absolute atomic E-state index is 11.9. The summed E-state index contributed by atoms with van der Waals surface area (Å²) in [6.45, 7) is 3.73. The molecule has 0 saturated heterocycles. The first kappa shape index (κ1) is 13.9. The van der Waals surface area contributed by atoms with Gasteiger partial charge in [0.15, 0.2) is 0 Å². The predicted molar refractivity (Wildman–Crippen MR) is 77.7 cm³/mol. The summed E-state index contributed by atoms with van der Waals surface area (Å²) < 4.78 is 5.31. The van der Waals surface area contributed by atoms with E-state index in [2.05, 4.69) is 12.2 Å². The molecule has 2 rings (SSSR count). The number of esters is 1. The maximum Gasteiger partial charge on any atom is 0.338 e. The van der Waals surface area contributed by atoms with Gasteiger partial charge in [-0.05, 0) is 43.0 Å². The van der Waals surface area contributed by atoms with E-state index in [1.807, 2.05) is 18.2 Å². The number of anilines is 1. The van der Waals surface area contributed by atoms with Crippen LogP contribution >= 0.6 is 0 Å². The van der Waals surface area contributed by atoms with Gasteiger partial charge < -0.3 is 10.1 Å². The Kier molecular flexibility index (Phi) is 5.25. The molecule has 0 amide bonds. The van der Waals surface area contributed by atoms with Gasteiger partial charge in [0, 0.05) is 12.2 Å². The topological polar surface area (TPSA) is 38.3 Å². The minimum absolute atomic E-state index is 0.190. The Hall–Kier alpha value is -1.51. The van der Waals surface area contributed by atoms with Crippen molar-refractivity contribution >= 4 is 11.7 Å². The molecule has 1 aromatic rings. The quantitative estimate of drug-likeness (QED) is 0.625. The molecular weight excluding hydrogens is 238 g/mol. The van der Waals surface area contributed by atoms with Crippen molar-refractivity contribution in [2.75, 3.05) is 18.5 Å². The van der Waals surface area contributed by atoms with Gasteiger partial charge in [0.2, 0.25) is 0 Å². The number of nitrogens with one attached hydrogen (secondary N) is 1.